The summed E-state index contributed by atoms with van der Waals surface area (Å²) in [5.41, 5.74) is 6.27. The van der Waals surface area contributed by atoms with Crippen LogP contribution in [0.3, 0.4) is 0 Å². The third-order valence-electron chi connectivity index (χ3n) is 4.40. The van der Waals surface area contributed by atoms with Gasteiger partial charge in [0.05, 0.1) is 20.8 Å². The van der Waals surface area contributed by atoms with Crippen molar-refractivity contribution >= 4 is 39.5 Å². The van der Waals surface area contributed by atoms with Crippen molar-refractivity contribution < 1.29 is 23.9 Å². The molecule has 0 saturated heterocycles. The minimum Gasteiger partial charge on any atom is -0.493 e. The van der Waals surface area contributed by atoms with Crippen LogP contribution < -0.4 is 25.6 Å². The summed E-state index contributed by atoms with van der Waals surface area (Å²) in [6, 6.07) is 11.7. The highest BCUT2D eigenvalue weighted by atomic mass is 32.1. The molecule has 0 radical (unpaired) electrons. The van der Waals surface area contributed by atoms with Crippen molar-refractivity contribution in [2.24, 2.45) is 0 Å². The molecular weight excluding hydrogens is 406 g/mol. The van der Waals surface area contributed by atoms with E-state index < -0.39 is 17.9 Å². The van der Waals surface area contributed by atoms with E-state index >= 15 is 0 Å². The number of hydrogen-bond donors (Lipinski definition) is 3. The van der Waals surface area contributed by atoms with Crippen molar-refractivity contribution in [2.75, 3.05) is 20.8 Å². The number of thiophene rings is 1. The highest BCUT2D eigenvalue weighted by molar-refractivity contribution is 7.17. The SMILES string of the molecule is COc1ccc(C(=O)NCC(=O)NNC(C=O)c2csc3ccccc23)cc1OC. The first kappa shape index (κ1) is 21.3. The number of rotatable bonds is 9. The van der Waals surface area contributed by atoms with Crippen molar-refractivity contribution in [1.82, 2.24) is 16.2 Å². The molecule has 0 spiro atoms. The molecule has 0 aliphatic rings. The lowest BCUT2D eigenvalue weighted by atomic mass is 10.1. The van der Waals surface area contributed by atoms with E-state index in [1.807, 2.05) is 29.6 Å². The van der Waals surface area contributed by atoms with Gasteiger partial charge in [-0.15, -0.1) is 11.3 Å². The molecule has 0 fully saturated rings. The van der Waals surface area contributed by atoms with Crippen LogP contribution in [0.4, 0.5) is 0 Å². The summed E-state index contributed by atoms with van der Waals surface area (Å²) in [5, 5.41) is 5.34. The van der Waals surface area contributed by atoms with E-state index in [1.165, 1.54) is 31.6 Å². The summed E-state index contributed by atoms with van der Waals surface area (Å²) in [6.45, 7) is -0.268. The zero-order chi connectivity index (χ0) is 21.5. The number of amides is 2. The smallest absolute Gasteiger partial charge is 0.253 e. The van der Waals surface area contributed by atoms with Gasteiger partial charge in [0.1, 0.15) is 12.3 Å². The van der Waals surface area contributed by atoms with Crippen LogP contribution in [0.15, 0.2) is 47.8 Å². The number of nitrogens with one attached hydrogen (secondary N) is 3. The van der Waals surface area contributed by atoms with Gasteiger partial charge in [-0.3, -0.25) is 15.0 Å². The van der Waals surface area contributed by atoms with Gasteiger partial charge in [0, 0.05) is 10.3 Å². The largest absolute Gasteiger partial charge is 0.493 e. The maximum Gasteiger partial charge on any atom is 0.253 e. The average Bonchev–Trinajstić information content (AvgIpc) is 3.21. The summed E-state index contributed by atoms with van der Waals surface area (Å²) in [5.74, 6) is -0.0259. The first-order valence-electron chi connectivity index (χ1n) is 9.03. The van der Waals surface area contributed by atoms with Gasteiger partial charge in [-0.05, 0) is 40.6 Å². The number of methoxy groups -OCH3 is 2. The Labute approximate surface area is 177 Å². The molecule has 9 heteroatoms. The van der Waals surface area contributed by atoms with Crippen LogP contribution in [0.1, 0.15) is 22.0 Å². The number of fused-ring (bicyclic) bond motifs is 1. The number of carbonyl (C=O) groups excluding carboxylic acids is 3. The summed E-state index contributed by atoms with van der Waals surface area (Å²) >= 11 is 1.52. The molecule has 0 bridgehead atoms. The van der Waals surface area contributed by atoms with E-state index in [4.69, 9.17) is 9.47 Å². The molecule has 1 unspecified atom stereocenters. The van der Waals surface area contributed by atoms with Crippen LogP contribution in [-0.2, 0) is 9.59 Å². The topological polar surface area (TPSA) is 106 Å². The molecule has 156 valence electrons. The van der Waals surface area contributed by atoms with Crippen LogP contribution in [0.5, 0.6) is 11.5 Å². The Morgan fingerprint density at radius 3 is 2.60 bits per heavy atom. The maximum absolute atomic E-state index is 12.3. The van der Waals surface area contributed by atoms with Gasteiger partial charge in [0.2, 0.25) is 0 Å². The van der Waals surface area contributed by atoms with Crippen molar-refractivity contribution in [1.29, 1.82) is 0 Å². The quantitative estimate of drug-likeness (QED) is 0.357. The van der Waals surface area contributed by atoms with Gasteiger partial charge in [-0.1, -0.05) is 18.2 Å². The number of benzene rings is 2. The number of hydrogen-bond acceptors (Lipinski definition) is 7. The van der Waals surface area contributed by atoms with Gasteiger partial charge < -0.3 is 19.6 Å². The molecule has 1 aromatic heterocycles. The molecule has 8 nitrogen and oxygen atoms in total. The van der Waals surface area contributed by atoms with E-state index in [2.05, 4.69) is 16.2 Å². The fourth-order valence-electron chi connectivity index (χ4n) is 2.87. The summed E-state index contributed by atoms with van der Waals surface area (Å²) in [6.07, 6.45) is 0.719. The molecule has 3 aromatic rings. The molecule has 3 N–H and O–H groups in total. The third-order valence-corrected chi connectivity index (χ3v) is 5.39. The number of hydrazine groups is 1. The first-order valence-corrected chi connectivity index (χ1v) is 9.91. The monoisotopic (exact) mass is 427 g/mol. The predicted molar refractivity (Wildman–Crippen MR) is 114 cm³/mol. The van der Waals surface area contributed by atoms with Crippen LogP contribution in [-0.4, -0.2) is 38.9 Å². The zero-order valence-electron chi connectivity index (χ0n) is 16.4. The molecule has 3 rings (SSSR count). The predicted octanol–water partition coefficient (Wildman–Crippen LogP) is 2.21. The second-order valence-electron chi connectivity index (χ2n) is 6.25. The van der Waals surface area contributed by atoms with Crippen LogP contribution in [0.2, 0.25) is 0 Å². The Morgan fingerprint density at radius 1 is 1.10 bits per heavy atom. The van der Waals surface area contributed by atoms with Gasteiger partial charge in [-0.25, -0.2) is 5.43 Å². The third kappa shape index (κ3) is 4.76. The van der Waals surface area contributed by atoms with Gasteiger partial charge in [0.15, 0.2) is 11.5 Å². The summed E-state index contributed by atoms with van der Waals surface area (Å²) < 4.78 is 11.4. The average molecular weight is 427 g/mol. The second kappa shape index (κ2) is 9.86. The van der Waals surface area contributed by atoms with Crippen LogP contribution in [0.25, 0.3) is 10.1 Å². The van der Waals surface area contributed by atoms with Crippen molar-refractivity contribution in [3.63, 3.8) is 0 Å². The van der Waals surface area contributed by atoms with Crippen molar-refractivity contribution in [3.8, 4) is 11.5 Å². The second-order valence-corrected chi connectivity index (χ2v) is 7.16. The molecule has 0 saturated carbocycles. The number of aldehydes is 1. The molecule has 0 aliphatic heterocycles. The molecule has 2 amide bonds. The molecule has 2 aromatic carbocycles. The maximum atomic E-state index is 12.3. The molecule has 0 aliphatic carbocycles. The summed E-state index contributed by atoms with van der Waals surface area (Å²) in [4.78, 5) is 35.9. The Hall–Kier alpha value is -3.43. The van der Waals surface area contributed by atoms with E-state index in [1.54, 1.807) is 12.1 Å². The standard InChI is InChI=1S/C21H21N3O5S/c1-28-17-8-7-13(9-18(17)29-2)21(27)22-10-20(26)24-23-16(11-25)15-12-30-19-6-4-3-5-14(15)19/h3-9,11-12,16,23H,10H2,1-2H3,(H,22,27)(H,24,26). The lowest BCUT2D eigenvalue weighted by molar-refractivity contribution is -0.121. The zero-order valence-corrected chi connectivity index (χ0v) is 17.2. The Bertz CT molecular complexity index is 1070. The van der Waals surface area contributed by atoms with E-state index in [0.29, 0.717) is 17.1 Å². The van der Waals surface area contributed by atoms with Gasteiger partial charge in [-0.2, -0.15) is 0 Å². The normalized spacial score (nSPS) is 11.5. The van der Waals surface area contributed by atoms with E-state index in [9.17, 15) is 14.4 Å². The lowest BCUT2D eigenvalue weighted by Crippen LogP contribution is -2.45. The van der Waals surface area contributed by atoms with Crippen LogP contribution in [0, 0.1) is 0 Å². The minimum atomic E-state index is -0.702. The Balaban J connectivity index is 1.55. The highest BCUT2D eigenvalue weighted by Crippen LogP contribution is 2.29. The number of carbonyl (C=O) groups is 3. The highest BCUT2D eigenvalue weighted by Gasteiger charge is 2.16. The molecule has 30 heavy (non-hydrogen) atoms. The summed E-state index contributed by atoms with van der Waals surface area (Å²) in [7, 11) is 2.97. The Morgan fingerprint density at radius 2 is 1.87 bits per heavy atom. The van der Waals surface area contributed by atoms with Crippen LogP contribution >= 0.6 is 11.3 Å². The first-order chi connectivity index (χ1) is 14.6. The fourth-order valence-corrected chi connectivity index (χ4v) is 3.86. The van der Waals surface area contributed by atoms with E-state index in [0.717, 1.165) is 21.9 Å². The van der Waals surface area contributed by atoms with Crippen molar-refractivity contribution in [3.05, 3.63) is 59.0 Å². The number of ether oxygens (including phenoxy) is 2. The Kier molecular flexibility index (Phi) is 6.99. The van der Waals surface area contributed by atoms with Gasteiger partial charge in [0.25, 0.3) is 11.8 Å². The van der Waals surface area contributed by atoms with E-state index in [-0.39, 0.29) is 6.54 Å². The molecular formula is C21H21N3O5S. The molecule has 1 atom stereocenters. The lowest BCUT2D eigenvalue weighted by Gasteiger charge is -2.14. The minimum absolute atomic E-state index is 0.268. The van der Waals surface area contributed by atoms with Gasteiger partial charge >= 0.3 is 0 Å². The fraction of sp³-hybridized carbons (Fsp3) is 0.190. The molecule has 1 heterocycles. The van der Waals surface area contributed by atoms with Crippen molar-refractivity contribution in [2.45, 2.75) is 6.04 Å².